The van der Waals surface area contributed by atoms with Crippen molar-refractivity contribution in [1.82, 2.24) is 9.80 Å². The molecule has 4 nitrogen and oxygen atoms in total. The van der Waals surface area contributed by atoms with Crippen molar-refractivity contribution in [3.05, 3.63) is 28.8 Å². The second-order valence-corrected chi connectivity index (χ2v) is 6.46. The number of hydrogen-bond acceptors (Lipinski definition) is 2. The van der Waals surface area contributed by atoms with Crippen molar-refractivity contribution in [2.75, 3.05) is 31.5 Å². The lowest BCUT2D eigenvalue weighted by Gasteiger charge is -2.43. The molecule has 1 atom stereocenters. The summed E-state index contributed by atoms with van der Waals surface area (Å²) in [5.74, 6) is 0. The molecular formula is C16H22ClN3O. The van der Waals surface area contributed by atoms with Gasteiger partial charge in [-0.2, -0.15) is 0 Å². The molecule has 5 heteroatoms. The van der Waals surface area contributed by atoms with Crippen LogP contribution < -0.4 is 5.32 Å². The first-order valence-electron chi connectivity index (χ1n) is 7.69. The zero-order valence-corrected chi connectivity index (χ0v) is 13.2. The Balaban J connectivity index is 1.64. The molecule has 3 rings (SSSR count). The second kappa shape index (κ2) is 6.24. The highest BCUT2D eigenvalue weighted by Crippen LogP contribution is 2.23. The van der Waals surface area contributed by atoms with Crippen LogP contribution in [-0.4, -0.2) is 48.1 Å². The molecular weight excluding hydrogens is 286 g/mol. The Morgan fingerprint density at radius 2 is 2.14 bits per heavy atom. The maximum absolute atomic E-state index is 12.5. The van der Waals surface area contributed by atoms with Gasteiger partial charge in [-0.15, -0.1) is 0 Å². The van der Waals surface area contributed by atoms with Crippen molar-refractivity contribution < 1.29 is 4.79 Å². The maximum Gasteiger partial charge on any atom is 0.321 e. The van der Waals surface area contributed by atoms with Gasteiger partial charge in [0.1, 0.15) is 0 Å². The van der Waals surface area contributed by atoms with Gasteiger partial charge in [0.2, 0.25) is 0 Å². The topological polar surface area (TPSA) is 35.6 Å². The molecule has 114 valence electrons. The second-order valence-electron chi connectivity index (χ2n) is 6.02. The number of carbonyl (C=O) groups is 1. The van der Waals surface area contributed by atoms with Crippen molar-refractivity contribution in [2.45, 2.75) is 32.2 Å². The first-order chi connectivity index (χ1) is 10.1. The Hall–Kier alpha value is -1.26. The number of piperazine rings is 1. The number of anilines is 1. The molecule has 2 fully saturated rings. The first kappa shape index (κ1) is 14.7. The molecule has 2 aliphatic heterocycles. The van der Waals surface area contributed by atoms with Crippen LogP contribution in [0.3, 0.4) is 0 Å². The first-order valence-corrected chi connectivity index (χ1v) is 8.07. The lowest BCUT2D eigenvalue weighted by Crippen LogP contribution is -2.56. The number of fused-ring (bicyclic) bond motifs is 1. The van der Waals surface area contributed by atoms with Crippen LogP contribution in [-0.2, 0) is 0 Å². The molecule has 0 saturated carbocycles. The Kier molecular flexibility index (Phi) is 4.36. The third-order valence-electron chi connectivity index (χ3n) is 4.57. The molecule has 1 aromatic rings. The number of benzene rings is 1. The highest BCUT2D eigenvalue weighted by atomic mass is 35.5. The molecule has 0 unspecified atom stereocenters. The maximum atomic E-state index is 12.5. The molecule has 1 aromatic carbocycles. The summed E-state index contributed by atoms with van der Waals surface area (Å²) in [6, 6.07) is 6.11. The van der Waals surface area contributed by atoms with Crippen LogP contribution in [0, 0.1) is 6.92 Å². The smallest absolute Gasteiger partial charge is 0.321 e. The van der Waals surface area contributed by atoms with Crippen molar-refractivity contribution in [3.63, 3.8) is 0 Å². The Morgan fingerprint density at radius 1 is 1.29 bits per heavy atom. The molecule has 1 N–H and O–H groups in total. The van der Waals surface area contributed by atoms with E-state index in [9.17, 15) is 4.79 Å². The lowest BCUT2D eigenvalue weighted by atomic mass is 10.00. The van der Waals surface area contributed by atoms with E-state index in [1.165, 1.54) is 25.8 Å². The molecule has 0 spiro atoms. The van der Waals surface area contributed by atoms with Crippen LogP contribution in [0.25, 0.3) is 0 Å². The standard InChI is InChI=1S/C16H22ClN3O/c1-12-5-6-13(17)10-15(12)18-16(21)20-9-8-19-7-3-2-4-14(19)11-20/h5-6,10,14H,2-4,7-9,11H2,1H3,(H,18,21)/t14-/m0/s1. The number of halogens is 1. The normalized spacial score (nSPS) is 22.8. The van der Waals surface area contributed by atoms with E-state index in [1.54, 1.807) is 0 Å². The van der Waals surface area contributed by atoms with E-state index < -0.39 is 0 Å². The van der Waals surface area contributed by atoms with Crippen LogP contribution in [0.4, 0.5) is 10.5 Å². The van der Waals surface area contributed by atoms with Gasteiger partial charge in [0.25, 0.3) is 0 Å². The SMILES string of the molecule is Cc1ccc(Cl)cc1NC(=O)N1CCN2CCCC[C@H]2C1. The summed E-state index contributed by atoms with van der Waals surface area (Å²) in [6.07, 6.45) is 3.79. The number of piperidine rings is 1. The minimum Gasteiger partial charge on any atom is -0.322 e. The van der Waals surface area contributed by atoms with Gasteiger partial charge < -0.3 is 10.2 Å². The summed E-state index contributed by atoms with van der Waals surface area (Å²) in [6.45, 7) is 5.80. The van der Waals surface area contributed by atoms with E-state index in [-0.39, 0.29) is 6.03 Å². The molecule has 0 aliphatic carbocycles. The predicted molar refractivity (Wildman–Crippen MR) is 86.0 cm³/mol. The van der Waals surface area contributed by atoms with E-state index >= 15 is 0 Å². The van der Waals surface area contributed by atoms with Crippen LogP contribution in [0.5, 0.6) is 0 Å². The number of amides is 2. The number of nitrogens with one attached hydrogen (secondary N) is 1. The summed E-state index contributed by atoms with van der Waals surface area (Å²) in [4.78, 5) is 16.9. The molecule has 2 aliphatic rings. The number of aryl methyl sites for hydroxylation is 1. The van der Waals surface area contributed by atoms with Gasteiger partial charge in [0.15, 0.2) is 0 Å². The summed E-state index contributed by atoms with van der Waals surface area (Å²) >= 11 is 6.01. The fraction of sp³-hybridized carbons (Fsp3) is 0.562. The predicted octanol–water partition coefficient (Wildman–Crippen LogP) is 3.35. The molecule has 2 heterocycles. The Bertz CT molecular complexity index is 534. The van der Waals surface area contributed by atoms with E-state index in [0.29, 0.717) is 11.1 Å². The fourth-order valence-electron chi connectivity index (χ4n) is 3.26. The summed E-state index contributed by atoms with van der Waals surface area (Å²) in [7, 11) is 0. The third kappa shape index (κ3) is 3.33. The molecule has 0 aromatic heterocycles. The third-order valence-corrected chi connectivity index (χ3v) is 4.80. The van der Waals surface area contributed by atoms with Crippen molar-refractivity contribution in [3.8, 4) is 0 Å². The molecule has 2 saturated heterocycles. The summed E-state index contributed by atoms with van der Waals surface area (Å²) in [5.41, 5.74) is 1.84. The van der Waals surface area contributed by atoms with E-state index in [2.05, 4.69) is 10.2 Å². The molecule has 2 amide bonds. The van der Waals surface area contributed by atoms with Gasteiger partial charge in [-0.05, 0) is 44.0 Å². The van der Waals surface area contributed by atoms with Crippen LogP contribution in [0.1, 0.15) is 24.8 Å². The summed E-state index contributed by atoms with van der Waals surface area (Å²) < 4.78 is 0. The zero-order valence-electron chi connectivity index (χ0n) is 12.4. The number of urea groups is 1. The Labute approximate surface area is 131 Å². The van der Waals surface area contributed by atoms with Crippen molar-refractivity contribution >= 4 is 23.3 Å². The summed E-state index contributed by atoms with van der Waals surface area (Å²) in [5, 5.41) is 3.65. The van der Waals surface area contributed by atoms with Gasteiger partial charge in [-0.25, -0.2) is 4.79 Å². The highest BCUT2D eigenvalue weighted by molar-refractivity contribution is 6.31. The highest BCUT2D eigenvalue weighted by Gasteiger charge is 2.31. The van der Waals surface area contributed by atoms with E-state index in [4.69, 9.17) is 11.6 Å². The zero-order chi connectivity index (χ0) is 14.8. The Morgan fingerprint density at radius 3 is 3.00 bits per heavy atom. The number of hydrogen-bond donors (Lipinski definition) is 1. The molecule has 0 bridgehead atoms. The average Bonchev–Trinajstić information content (AvgIpc) is 2.50. The van der Waals surface area contributed by atoms with Crippen LogP contribution in [0.2, 0.25) is 5.02 Å². The van der Waals surface area contributed by atoms with Gasteiger partial charge in [-0.1, -0.05) is 24.1 Å². The molecule has 0 radical (unpaired) electrons. The minimum atomic E-state index is -0.00871. The van der Waals surface area contributed by atoms with Gasteiger partial charge in [0, 0.05) is 36.4 Å². The monoisotopic (exact) mass is 307 g/mol. The molecule has 21 heavy (non-hydrogen) atoms. The largest absolute Gasteiger partial charge is 0.322 e. The van der Waals surface area contributed by atoms with Crippen molar-refractivity contribution in [1.29, 1.82) is 0 Å². The quantitative estimate of drug-likeness (QED) is 0.863. The van der Waals surface area contributed by atoms with Crippen LogP contribution >= 0.6 is 11.6 Å². The fourth-order valence-corrected chi connectivity index (χ4v) is 3.44. The van der Waals surface area contributed by atoms with Gasteiger partial charge in [0.05, 0.1) is 0 Å². The van der Waals surface area contributed by atoms with Gasteiger partial charge in [-0.3, -0.25) is 4.90 Å². The minimum absolute atomic E-state index is 0.00871. The number of nitrogens with zero attached hydrogens (tertiary/aromatic N) is 2. The van der Waals surface area contributed by atoms with E-state index in [1.807, 2.05) is 30.0 Å². The van der Waals surface area contributed by atoms with Crippen LogP contribution in [0.15, 0.2) is 18.2 Å². The van der Waals surface area contributed by atoms with E-state index in [0.717, 1.165) is 30.9 Å². The van der Waals surface area contributed by atoms with Gasteiger partial charge >= 0.3 is 6.03 Å². The van der Waals surface area contributed by atoms with Crippen molar-refractivity contribution in [2.24, 2.45) is 0 Å². The number of carbonyl (C=O) groups excluding carboxylic acids is 1. The average molecular weight is 308 g/mol. The number of rotatable bonds is 1. The lowest BCUT2D eigenvalue weighted by molar-refractivity contribution is 0.0678.